The summed E-state index contributed by atoms with van der Waals surface area (Å²) in [4.78, 5) is 14.5. The largest absolute Gasteiger partial charge is 0.454 e. The van der Waals surface area contributed by atoms with Crippen molar-refractivity contribution in [3.8, 4) is 11.5 Å². The van der Waals surface area contributed by atoms with Gasteiger partial charge in [0.05, 0.1) is 4.47 Å². The number of nitrogens with one attached hydrogen (secondary N) is 1. The fraction of sp³-hybridized carbons (Fsp3) is 0.500. The fourth-order valence-corrected chi connectivity index (χ4v) is 3.32. The Kier molecular flexibility index (Phi) is 3.60. The summed E-state index contributed by atoms with van der Waals surface area (Å²) in [5.41, 5.74) is 0.627. The van der Waals surface area contributed by atoms with Crippen molar-refractivity contribution in [3.63, 3.8) is 0 Å². The van der Waals surface area contributed by atoms with Gasteiger partial charge in [0.1, 0.15) is 0 Å². The lowest BCUT2D eigenvalue weighted by Gasteiger charge is -2.36. The highest BCUT2D eigenvalue weighted by molar-refractivity contribution is 9.10. The highest BCUT2D eigenvalue weighted by Gasteiger charge is 2.27. The molecule has 1 fully saturated rings. The molecule has 2 aliphatic heterocycles. The van der Waals surface area contributed by atoms with Crippen molar-refractivity contribution in [2.45, 2.75) is 25.9 Å². The third kappa shape index (κ3) is 2.50. The molecule has 2 heterocycles. The lowest BCUT2D eigenvalue weighted by atomic mass is 10.1. The maximum atomic E-state index is 12.6. The molecule has 108 valence electrons. The molecule has 2 atom stereocenters. The Labute approximate surface area is 126 Å². The number of halogens is 1. The van der Waals surface area contributed by atoms with Gasteiger partial charge in [-0.05, 0) is 41.9 Å². The van der Waals surface area contributed by atoms with E-state index < -0.39 is 0 Å². The second kappa shape index (κ2) is 5.26. The van der Waals surface area contributed by atoms with Gasteiger partial charge in [-0.25, -0.2) is 0 Å². The van der Waals surface area contributed by atoms with Crippen LogP contribution in [0.25, 0.3) is 0 Å². The summed E-state index contributed by atoms with van der Waals surface area (Å²) in [5.74, 6) is 1.33. The Balaban J connectivity index is 1.85. The third-order valence-electron chi connectivity index (χ3n) is 3.52. The summed E-state index contributed by atoms with van der Waals surface area (Å²) >= 11 is 3.43. The summed E-state index contributed by atoms with van der Waals surface area (Å²) in [6.45, 7) is 5.81. The molecule has 20 heavy (non-hydrogen) atoms. The van der Waals surface area contributed by atoms with Gasteiger partial charge in [0.25, 0.3) is 5.91 Å². The molecule has 0 saturated carbocycles. The highest BCUT2D eigenvalue weighted by Crippen LogP contribution is 2.40. The third-order valence-corrected chi connectivity index (χ3v) is 4.11. The Bertz CT molecular complexity index is 539. The number of fused-ring (bicyclic) bond motifs is 1. The number of carbonyl (C=O) groups is 1. The lowest BCUT2D eigenvalue weighted by molar-refractivity contribution is 0.0673. The maximum Gasteiger partial charge on any atom is 0.254 e. The number of piperazine rings is 1. The average molecular weight is 341 g/mol. The first-order chi connectivity index (χ1) is 9.54. The van der Waals surface area contributed by atoms with Crippen molar-refractivity contribution in [1.29, 1.82) is 0 Å². The number of ether oxygens (including phenoxy) is 2. The zero-order valence-corrected chi connectivity index (χ0v) is 13.1. The van der Waals surface area contributed by atoms with Crippen LogP contribution in [0.4, 0.5) is 0 Å². The number of carbonyl (C=O) groups excluding carboxylic acids is 1. The first kappa shape index (κ1) is 13.7. The molecule has 1 aromatic carbocycles. The molecule has 0 spiro atoms. The first-order valence-electron chi connectivity index (χ1n) is 6.69. The van der Waals surface area contributed by atoms with E-state index >= 15 is 0 Å². The molecule has 1 amide bonds. The number of amides is 1. The predicted molar refractivity (Wildman–Crippen MR) is 78.2 cm³/mol. The van der Waals surface area contributed by atoms with Gasteiger partial charge in [-0.3, -0.25) is 4.79 Å². The molecule has 0 radical (unpaired) electrons. The van der Waals surface area contributed by atoms with Crippen molar-refractivity contribution < 1.29 is 14.3 Å². The molecule has 0 bridgehead atoms. The number of hydrogen-bond donors (Lipinski definition) is 1. The van der Waals surface area contributed by atoms with E-state index in [2.05, 4.69) is 35.1 Å². The van der Waals surface area contributed by atoms with Crippen LogP contribution in [0.3, 0.4) is 0 Å². The summed E-state index contributed by atoms with van der Waals surface area (Å²) in [6.07, 6.45) is 0. The Morgan fingerprint density at radius 2 is 2.00 bits per heavy atom. The van der Waals surface area contributed by atoms with E-state index in [0.29, 0.717) is 29.1 Å². The second-order valence-corrected chi connectivity index (χ2v) is 6.23. The van der Waals surface area contributed by atoms with Gasteiger partial charge in [0.2, 0.25) is 6.79 Å². The van der Waals surface area contributed by atoms with Crippen LogP contribution in [-0.2, 0) is 0 Å². The normalized spacial score (nSPS) is 24.9. The summed E-state index contributed by atoms with van der Waals surface area (Å²) in [6, 6.07) is 4.17. The second-order valence-electron chi connectivity index (χ2n) is 5.37. The van der Waals surface area contributed by atoms with Gasteiger partial charge in [-0.1, -0.05) is 0 Å². The number of rotatable bonds is 1. The van der Waals surface area contributed by atoms with Crippen LogP contribution in [0.2, 0.25) is 0 Å². The van der Waals surface area contributed by atoms with E-state index in [1.54, 1.807) is 12.1 Å². The summed E-state index contributed by atoms with van der Waals surface area (Å²) < 4.78 is 11.5. The Hall–Kier alpha value is -1.27. The van der Waals surface area contributed by atoms with E-state index in [1.165, 1.54) is 0 Å². The van der Waals surface area contributed by atoms with Crippen LogP contribution in [0.15, 0.2) is 16.6 Å². The van der Waals surface area contributed by atoms with Crippen molar-refractivity contribution in [2.24, 2.45) is 0 Å². The minimum atomic E-state index is 0.0317. The number of hydrogen-bond acceptors (Lipinski definition) is 4. The van der Waals surface area contributed by atoms with Crippen LogP contribution < -0.4 is 14.8 Å². The van der Waals surface area contributed by atoms with Gasteiger partial charge in [-0.2, -0.15) is 0 Å². The van der Waals surface area contributed by atoms with Gasteiger partial charge < -0.3 is 19.7 Å². The molecule has 0 aromatic heterocycles. The molecule has 5 nitrogen and oxygen atoms in total. The average Bonchev–Trinajstić information content (AvgIpc) is 2.85. The molecular weight excluding hydrogens is 324 g/mol. The van der Waals surface area contributed by atoms with Crippen molar-refractivity contribution in [3.05, 3.63) is 22.2 Å². The number of nitrogens with zero attached hydrogens (tertiary/aromatic N) is 1. The van der Waals surface area contributed by atoms with Crippen molar-refractivity contribution in [2.75, 3.05) is 19.9 Å². The van der Waals surface area contributed by atoms with E-state index in [1.807, 2.05) is 4.90 Å². The van der Waals surface area contributed by atoms with Crippen LogP contribution >= 0.6 is 15.9 Å². The molecule has 2 aliphatic rings. The zero-order chi connectivity index (χ0) is 14.3. The first-order valence-corrected chi connectivity index (χ1v) is 7.48. The topological polar surface area (TPSA) is 50.8 Å². The van der Waals surface area contributed by atoms with Crippen LogP contribution in [0, 0.1) is 0 Å². The molecule has 0 unspecified atom stereocenters. The highest BCUT2D eigenvalue weighted by atomic mass is 79.9. The minimum Gasteiger partial charge on any atom is -0.454 e. The van der Waals surface area contributed by atoms with Crippen molar-refractivity contribution >= 4 is 21.8 Å². The summed E-state index contributed by atoms with van der Waals surface area (Å²) in [7, 11) is 0. The van der Waals surface area contributed by atoms with Crippen LogP contribution in [0.5, 0.6) is 11.5 Å². The van der Waals surface area contributed by atoms with Gasteiger partial charge in [0, 0.05) is 30.7 Å². The molecule has 1 aromatic rings. The van der Waals surface area contributed by atoms with E-state index in [0.717, 1.165) is 17.6 Å². The molecular formula is C14H17BrN2O3. The molecule has 1 saturated heterocycles. The van der Waals surface area contributed by atoms with Crippen molar-refractivity contribution in [1.82, 2.24) is 10.2 Å². The number of benzene rings is 1. The van der Waals surface area contributed by atoms with E-state index in [4.69, 9.17) is 9.47 Å². The standard InChI is InChI=1S/C14H17BrN2O3/c1-8-5-17(6-9(2)16-8)14(18)10-3-11(15)13-12(4-10)19-7-20-13/h3-4,8-9,16H,5-7H2,1-2H3/t8-,9-/m1/s1. The Morgan fingerprint density at radius 3 is 2.70 bits per heavy atom. The van der Waals surface area contributed by atoms with Gasteiger partial charge in [-0.15, -0.1) is 0 Å². The smallest absolute Gasteiger partial charge is 0.254 e. The lowest BCUT2D eigenvalue weighted by Crippen LogP contribution is -2.55. The SMILES string of the molecule is C[C@@H]1CN(C(=O)c2cc(Br)c3c(c2)OCO3)C[C@@H](C)N1. The van der Waals surface area contributed by atoms with E-state index in [-0.39, 0.29) is 12.7 Å². The molecule has 1 N–H and O–H groups in total. The van der Waals surface area contributed by atoms with Crippen LogP contribution in [-0.4, -0.2) is 42.8 Å². The summed E-state index contributed by atoms with van der Waals surface area (Å²) in [5, 5.41) is 3.42. The zero-order valence-electron chi connectivity index (χ0n) is 11.5. The fourth-order valence-electron chi connectivity index (χ4n) is 2.77. The maximum absolute atomic E-state index is 12.6. The molecule has 6 heteroatoms. The Morgan fingerprint density at radius 1 is 1.30 bits per heavy atom. The molecule has 3 rings (SSSR count). The van der Waals surface area contributed by atoms with Gasteiger partial charge in [0.15, 0.2) is 11.5 Å². The predicted octanol–water partition coefficient (Wildman–Crippen LogP) is 2.00. The molecule has 0 aliphatic carbocycles. The monoisotopic (exact) mass is 340 g/mol. The quantitative estimate of drug-likeness (QED) is 0.849. The van der Waals surface area contributed by atoms with Gasteiger partial charge >= 0.3 is 0 Å². The van der Waals surface area contributed by atoms with Crippen LogP contribution in [0.1, 0.15) is 24.2 Å². The minimum absolute atomic E-state index is 0.0317. The van der Waals surface area contributed by atoms with E-state index in [9.17, 15) is 4.79 Å².